The van der Waals surface area contributed by atoms with Crippen LogP contribution in [0.2, 0.25) is 5.02 Å². The Labute approximate surface area is 128 Å². The fraction of sp³-hybridized carbons (Fsp3) is 0.647. The van der Waals surface area contributed by atoms with Crippen molar-refractivity contribution >= 4 is 11.6 Å². The van der Waals surface area contributed by atoms with Crippen molar-refractivity contribution < 1.29 is 4.74 Å². The van der Waals surface area contributed by atoms with E-state index >= 15 is 0 Å². The maximum absolute atomic E-state index is 6.27. The number of halogens is 1. The Kier molecular flexibility index (Phi) is 7.57. The molecule has 2 nitrogen and oxygen atoms in total. The molecule has 1 atom stereocenters. The predicted molar refractivity (Wildman–Crippen MR) is 87.5 cm³/mol. The minimum absolute atomic E-state index is 0.153. The Balaban J connectivity index is 2.59. The van der Waals surface area contributed by atoms with E-state index in [9.17, 15) is 0 Å². The third kappa shape index (κ3) is 7.28. The minimum Gasteiger partial charge on any atom is -0.385 e. The second kappa shape index (κ2) is 8.66. The fourth-order valence-electron chi connectivity index (χ4n) is 2.22. The van der Waals surface area contributed by atoms with Crippen LogP contribution in [0.25, 0.3) is 0 Å². The molecule has 1 aromatic carbocycles. The van der Waals surface area contributed by atoms with Gasteiger partial charge in [-0.15, -0.1) is 0 Å². The Bertz CT molecular complexity index is 387. The minimum atomic E-state index is 0.153. The molecule has 0 bridgehead atoms. The van der Waals surface area contributed by atoms with Crippen LogP contribution in [-0.2, 0) is 11.2 Å². The van der Waals surface area contributed by atoms with E-state index < -0.39 is 0 Å². The van der Waals surface area contributed by atoms with E-state index in [0.29, 0.717) is 5.92 Å². The van der Waals surface area contributed by atoms with E-state index in [-0.39, 0.29) is 5.54 Å². The molecule has 20 heavy (non-hydrogen) atoms. The van der Waals surface area contributed by atoms with Crippen LogP contribution in [0.4, 0.5) is 0 Å². The molecule has 0 saturated heterocycles. The lowest BCUT2D eigenvalue weighted by atomic mass is 9.93. The lowest BCUT2D eigenvalue weighted by Gasteiger charge is -2.25. The molecular weight excluding hydrogens is 270 g/mol. The summed E-state index contributed by atoms with van der Waals surface area (Å²) in [7, 11) is 1.76. The topological polar surface area (TPSA) is 21.3 Å². The number of methoxy groups -OCH3 is 1. The van der Waals surface area contributed by atoms with Gasteiger partial charge < -0.3 is 10.1 Å². The van der Waals surface area contributed by atoms with Crippen LogP contribution in [0, 0.1) is 5.92 Å². The van der Waals surface area contributed by atoms with Crippen LogP contribution in [0.1, 0.15) is 39.2 Å². The molecule has 0 amide bonds. The molecule has 0 aliphatic rings. The van der Waals surface area contributed by atoms with E-state index in [1.165, 1.54) is 5.56 Å². The average Bonchev–Trinajstić information content (AvgIpc) is 2.37. The van der Waals surface area contributed by atoms with Gasteiger partial charge in [-0.1, -0.05) is 29.8 Å². The molecule has 0 radical (unpaired) electrons. The van der Waals surface area contributed by atoms with Crippen molar-refractivity contribution in [2.24, 2.45) is 5.92 Å². The lowest BCUT2D eigenvalue weighted by molar-refractivity contribution is 0.185. The molecule has 1 aromatic rings. The van der Waals surface area contributed by atoms with Crippen molar-refractivity contribution in [3.63, 3.8) is 0 Å². The lowest BCUT2D eigenvalue weighted by Crippen LogP contribution is -2.39. The van der Waals surface area contributed by atoms with Gasteiger partial charge in [0, 0.05) is 24.3 Å². The third-order valence-electron chi connectivity index (χ3n) is 3.35. The number of rotatable bonds is 8. The van der Waals surface area contributed by atoms with Crippen LogP contribution >= 0.6 is 11.6 Å². The van der Waals surface area contributed by atoms with Crippen molar-refractivity contribution in [3.8, 4) is 0 Å². The second-order valence-corrected chi connectivity index (χ2v) is 6.83. The van der Waals surface area contributed by atoms with Crippen LogP contribution in [-0.4, -0.2) is 25.8 Å². The molecule has 0 aromatic heterocycles. The van der Waals surface area contributed by atoms with E-state index in [4.69, 9.17) is 16.3 Å². The first kappa shape index (κ1) is 17.5. The van der Waals surface area contributed by atoms with Crippen LogP contribution < -0.4 is 5.32 Å². The normalized spacial score (nSPS) is 13.4. The molecule has 1 unspecified atom stereocenters. The van der Waals surface area contributed by atoms with Gasteiger partial charge in [0.1, 0.15) is 0 Å². The Hall–Kier alpha value is -0.570. The molecular formula is C17H28ClNO. The zero-order valence-electron chi connectivity index (χ0n) is 13.2. The van der Waals surface area contributed by atoms with E-state index in [1.807, 2.05) is 12.1 Å². The van der Waals surface area contributed by atoms with E-state index in [2.05, 4.69) is 38.2 Å². The highest BCUT2D eigenvalue weighted by Crippen LogP contribution is 2.21. The summed E-state index contributed by atoms with van der Waals surface area (Å²) in [5, 5.41) is 4.48. The SMILES string of the molecule is COCCCC(CNC(C)(C)C)Cc1ccccc1Cl. The van der Waals surface area contributed by atoms with Crippen LogP contribution in [0.3, 0.4) is 0 Å². The third-order valence-corrected chi connectivity index (χ3v) is 3.72. The fourth-order valence-corrected chi connectivity index (χ4v) is 2.43. The van der Waals surface area contributed by atoms with Gasteiger partial charge >= 0.3 is 0 Å². The summed E-state index contributed by atoms with van der Waals surface area (Å²) < 4.78 is 5.17. The molecule has 0 spiro atoms. The number of benzene rings is 1. The zero-order chi connectivity index (χ0) is 15.0. The molecule has 114 valence electrons. The van der Waals surface area contributed by atoms with Gasteiger partial charge in [0.25, 0.3) is 0 Å². The molecule has 0 fully saturated rings. The smallest absolute Gasteiger partial charge is 0.0462 e. The zero-order valence-corrected chi connectivity index (χ0v) is 14.0. The molecule has 1 rings (SSSR count). The summed E-state index contributed by atoms with van der Waals surface area (Å²) in [4.78, 5) is 0. The quantitative estimate of drug-likeness (QED) is 0.722. The Morgan fingerprint density at radius 3 is 2.55 bits per heavy atom. The first-order valence-corrected chi connectivity index (χ1v) is 7.77. The van der Waals surface area contributed by atoms with Crippen molar-refractivity contribution in [1.29, 1.82) is 0 Å². The maximum atomic E-state index is 6.27. The first-order chi connectivity index (χ1) is 9.42. The number of hydrogen-bond acceptors (Lipinski definition) is 2. The van der Waals surface area contributed by atoms with Gasteiger partial charge in [0.15, 0.2) is 0 Å². The highest BCUT2D eigenvalue weighted by molar-refractivity contribution is 6.31. The summed E-state index contributed by atoms with van der Waals surface area (Å²) in [6.07, 6.45) is 3.27. The van der Waals surface area contributed by atoms with Crippen LogP contribution in [0.5, 0.6) is 0 Å². The summed E-state index contributed by atoms with van der Waals surface area (Å²) in [6, 6.07) is 8.15. The standard InChI is InChI=1S/C17H28ClNO/c1-17(2,3)19-13-14(8-7-11-20-4)12-15-9-5-6-10-16(15)18/h5-6,9-10,14,19H,7-8,11-13H2,1-4H3. The second-order valence-electron chi connectivity index (χ2n) is 6.43. The number of nitrogens with one attached hydrogen (secondary N) is 1. The van der Waals surface area contributed by atoms with Crippen molar-refractivity contribution in [3.05, 3.63) is 34.9 Å². The highest BCUT2D eigenvalue weighted by atomic mass is 35.5. The van der Waals surface area contributed by atoms with Gasteiger partial charge in [0.05, 0.1) is 0 Å². The van der Waals surface area contributed by atoms with Gasteiger partial charge in [-0.05, 0) is 64.1 Å². The Morgan fingerprint density at radius 1 is 1.25 bits per heavy atom. The van der Waals surface area contributed by atoms with Gasteiger partial charge in [-0.2, -0.15) is 0 Å². The van der Waals surface area contributed by atoms with Crippen molar-refractivity contribution in [1.82, 2.24) is 5.32 Å². The Morgan fingerprint density at radius 2 is 1.95 bits per heavy atom. The summed E-state index contributed by atoms with van der Waals surface area (Å²) >= 11 is 6.27. The summed E-state index contributed by atoms with van der Waals surface area (Å²) in [5.41, 5.74) is 1.40. The van der Waals surface area contributed by atoms with Gasteiger partial charge in [0.2, 0.25) is 0 Å². The first-order valence-electron chi connectivity index (χ1n) is 7.40. The molecule has 3 heteroatoms. The van der Waals surface area contributed by atoms with E-state index in [0.717, 1.165) is 37.4 Å². The van der Waals surface area contributed by atoms with Gasteiger partial charge in [-0.25, -0.2) is 0 Å². The predicted octanol–water partition coefficient (Wildman–Crippen LogP) is 4.31. The maximum Gasteiger partial charge on any atom is 0.0462 e. The van der Waals surface area contributed by atoms with Crippen LogP contribution in [0.15, 0.2) is 24.3 Å². The molecule has 1 N–H and O–H groups in total. The molecule has 0 aliphatic heterocycles. The largest absolute Gasteiger partial charge is 0.385 e. The number of ether oxygens (including phenoxy) is 1. The average molecular weight is 298 g/mol. The van der Waals surface area contributed by atoms with Crippen molar-refractivity contribution in [2.45, 2.75) is 45.6 Å². The molecule has 0 saturated carbocycles. The van der Waals surface area contributed by atoms with Gasteiger partial charge in [-0.3, -0.25) is 0 Å². The number of hydrogen-bond donors (Lipinski definition) is 1. The molecule has 0 aliphatic carbocycles. The summed E-state index contributed by atoms with van der Waals surface area (Å²) in [6.45, 7) is 8.45. The van der Waals surface area contributed by atoms with E-state index in [1.54, 1.807) is 7.11 Å². The monoisotopic (exact) mass is 297 g/mol. The molecule has 0 heterocycles. The van der Waals surface area contributed by atoms with Crippen molar-refractivity contribution in [2.75, 3.05) is 20.3 Å². The summed E-state index contributed by atoms with van der Waals surface area (Å²) in [5.74, 6) is 0.587. The highest BCUT2D eigenvalue weighted by Gasteiger charge is 2.15.